The number of carbonyl (C=O) groups excluding carboxylic acids is 2. The smallest absolute Gasteiger partial charge is 0.410 e. The van der Waals surface area contributed by atoms with Crippen molar-refractivity contribution < 1.29 is 23.5 Å². The maximum atomic E-state index is 14.8. The van der Waals surface area contributed by atoms with E-state index in [-0.39, 0.29) is 32.1 Å². The summed E-state index contributed by atoms with van der Waals surface area (Å²) in [6, 6.07) is 0. The van der Waals surface area contributed by atoms with Crippen molar-refractivity contribution in [2.24, 2.45) is 11.3 Å². The minimum absolute atomic E-state index is 0.00491. The molecular formula is C13H18FNO4. The van der Waals surface area contributed by atoms with Gasteiger partial charge in [0.1, 0.15) is 17.9 Å². The van der Waals surface area contributed by atoms with Gasteiger partial charge in [0.05, 0.1) is 17.9 Å². The number of ether oxygens (including phenoxy) is 2. The zero-order valence-electron chi connectivity index (χ0n) is 11.4. The van der Waals surface area contributed by atoms with E-state index in [1.165, 1.54) is 4.90 Å². The second-order valence-corrected chi connectivity index (χ2v) is 6.82. The fraction of sp³-hybridized carbons (Fsp3) is 0.846. The number of likely N-dealkylation sites (tertiary alicyclic amines) is 1. The second kappa shape index (κ2) is 3.41. The Balaban J connectivity index is 1.77. The van der Waals surface area contributed by atoms with Crippen molar-refractivity contribution in [3.05, 3.63) is 0 Å². The van der Waals surface area contributed by atoms with Crippen LogP contribution in [-0.2, 0) is 14.3 Å². The van der Waals surface area contributed by atoms with Gasteiger partial charge in [-0.1, -0.05) is 0 Å². The lowest BCUT2D eigenvalue weighted by Crippen LogP contribution is -2.60. The third kappa shape index (κ3) is 1.58. The van der Waals surface area contributed by atoms with Crippen LogP contribution in [0, 0.1) is 11.3 Å². The lowest BCUT2D eigenvalue weighted by atomic mass is 9.54. The molecule has 3 atom stereocenters. The number of rotatable bonds is 0. The molecule has 6 heteroatoms. The molecule has 3 unspecified atom stereocenters. The lowest BCUT2D eigenvalue weighted by molar-refractivity contribution is -0.148. The highest BCUT2D eigenvalue weighted by atomic mass is 19.1. The predicted molar refractivity (Wildman–Crippen MR) is 63.1 cm³/mol. The van der Waals surface area contributed by atoms with Crippen LogP contribution in [0.2, 0.25) is 0 Å². The Morgan fingerprint density at radius 3 is 2.74 bits per heavy atom. The number of amides is 1. The molecule has 3 rings (SSSR count). The van der Waals surface area contributed by atoms with Crippen LogP contribution >= 0.6 is 0 Å². The molecule has 0 N–H and O–H groups in total. The van der Waals surface area contributed by atoms with Crippen molar-refractivity contribution in [1.29, 1.82) is 0 Å². The molecule has 2 saturated heterocycles. The molecule has 1 amide bonds. The second-order valence-electron chi connectivity index (χ2n) is 6.82. The van der Waals surface area contributed by atoms with Crippen LogP contribution in [0.4, 0.5) is 9.18 Å². The van der Waals surface area contributed by atoms with Gasteiger partial charge in [-0.15, -0.1) is 0 Å². The van der Waals surface area contributed by atoms with Gasteiger partial charge >= 0.3 is 12.1 Å². The Morgan fingerprint density at radius 1 is 1.47 bits per heavy atom. The average Bonchev–Trinajstić information content (AvgIpc) is 2.62. The van der Waals surface area contributed by atoms with E-state index < -0.39 is 28.7 Å². The van der Waals surface area contributed by atoms with Crippen LogP contribution in [-0.4, -0.2) is 47.9 Å². The Kier molecular flexibility index (Phi) is 2.27. The van der Waals surface area contributed by atoms with Gasteiger partial charge in [0, 0.05) is 6.54 Å². The Labute approximate surface area is 111 Å². The van der Waals surface area contributed by atoms with Gasteiger partial charge < -0.3 is 14.4 Å². The van der Waals surface area contributed by atoms with Crippen LogP contribution in [0.3, 0.4) is 0 Å². The van der Waals surface area contributed by atoms with Gasteiger partial charge in [-0.05, 0) is 27.2 Å². The number of cyclic esters (lactones) is 1. The van der Waals surface area contributed by atoms with Crippen LogP contribution < -0.4 is 0 Å². The van der Waals surface area contributed by atoms with Crippen LogP contribution in [0.5, 0.6) is 0 Å². The van der Waals surface area contributed by atoms with Gasteiger partial charge in [0.25, 0.3) is 0 Å². The van der Waals surface area contributed by atoms with E-state index in [9.17, 15) is 14.0 Å². The number of alkyl halides is 1. The minimum Gasteiger partial charge on any atom is -0.465 e. The zero-order valence-corrected chi connectivity index (χ0v) is 11.4. The first-order valence-electron chi connectivity index (χ1n) is 6.50. The average molecular weight is 271 g/mol. The minimum atomic E-state index is -1.50. The lowest BCUT2D eigenvalue weighted by Gasteiger charge is -2.47. The van der Waals surface area contributed by atoms with E-state index in [4.69, 9.17) is 9.47 Å². The number of esters is 1. The number of halogens is 1. The van der Waals surface area contributed by atoms with E-state index in [2.05, 4.69) is 0 Å². The highest BCUT2D eigenvalue weighted by Gasteiger charge is 2.77. The van der Waals surface area contributed by atoms with E-state index in [1.807, 2.05) is 0 Å². The van der Waals surface area contributed by atoms with Crippen molar-refractivity contribution in [2.75, 3.05) is 19.7 Å². The van der Waals surface area contributed by atoms with Crippen LogP contribution in [0.25, 0.3) is 0 Å². The number of carbonyl (C=O) groups is 2. The Bertz CT molecular complexity index is 460. The molecule has 0 bridgehead atoms. The van der Waals surface area contributed by atoms with Gasteiger partial charge in [-0.2, -0.15) is 0 Å². The summed E-state index contributed by atoms with van der Waals surface area (Å²) < 4.78 is 25.0. The largest absolute Gasteiger partial charge is 0.465 e. The molecule has 1 saturated carbocycles. The van der Waals surface area contributed by atoms with E-state index in [0.29, 0.717) is 0 Å². The molecule has 5 nitrogen and oxygen atoms in total. The highest BCUT2D eigenvalue weighted by molar-refractivity contribution is 5.80. The summed E-state index contributed by atoms with van der Waals surface area (Å²) in [6.07, 6.45) is -0.364. The first-order valence-corrected chi connectivity index (χ1v) is 6.50. The fourth-order valence-corrected chi connectivity index (χ4v) is 3.42. The molecule has 3 fully saturated rings. The molecule has 0 aromatic carbocycles. The molecule has 1 aliphatic carbocycles. The Hall–Kier alpha value is -1.33. The summed E-state index contributed by atoms with van der Waals surface area (Å²) in [7, 11) is 0. The summed E-state index contributed by atoms with van der Waals surface area (Å²) in [4.78, 5) is 24.9. The van der Waals surface area contributed by atoms with Crippen LogP contribution in [0.15, 0.2) is 0 Å². The van der Waals surface area contributed by atoms with Crippen LogP contribution in [0.1, 0.15) is 27.2 Å². The maximum Gasteiger partial charge on any atom is 0.410 e. The molecule has 2 aliphatic heterocycles. The quantitative estimate of drug-likeness (QED) is 0.627. The summed E-state index contributed by atoms with van der Waals surface area (Å²) in [5.41, 5.74) is -2.94. The van der Waals surface area contributed by atoms with Gasteiger partial charge in [-0.3, -0.25) is 4.79 Å². The zero-order chi connectivity index (χ0) is 14.1. The van der Waals surface area contributed by atoms with E-state index in [1.54, 1.807) is 20.8 Å². The molecular weight excluding hydrogens is 253 g/mol. The maximum absolute atomic E-state index is 14.8. The number of nitrogens with zero attached hydrogens (tertiary/aromatic N) is 1. The normalized spacial score (nSPS) is 40.3. The monoisotopic (exact) mass is 271 g/mol. The van der Waals surface area contributed by atoms with Gasteiger partial charge in [-0.25, -0.2) is 9.18 Å². The molecule has 19 heavy (non-hydrogen) atoms. The number of hydrogen-bond donors (Lipinski definition) is 0. The summed E-state index contributed by atoms with van der Waals surface area (Å²) in [6.45, 7) is 5.58. The van der Waals surface area contributed by atoms with Crippen molar-refractivity contribution in [3.8, 4) is 0 Å². The number of hydrogen-bond acceptors (Lipinski definition) is 4. The molecule has 0 radical (unpaired) electrons. The molecule has 0 aromatic heterocycles. The third-order valence-electron chi connectivity index (χ3n) is 4.41. The molecule has 1 spiro atoms. The highest BCUT2D eigenvalue weighted by Crippen LogP contribution is 2.64. The molecule has 0 aromatic rings. The first kappa shape index (κ1) is 12.7. The summed E-state index contributed by atoms with van der Waals surface area (Å²) in [5, 5.41) is 0. The van der Waals surface area contributed by atoms with Crippen molar-refractivity contribution in [3.63, 3.8) is 0 Å². The standard InChI is InChI=1S/C13H18FNO4/c1-11(2,3)19-10(17)15-5-12-7-18-9(16)8(12)4-13(12,14)6-15/h8H,4-7H2,1-3H3. The van der Waals surface area contributed by atoms with Gasteiger partial charge in [0.2, 0.25) is 0 Å². The van der Waals surface area contributed by atoms with E-state index >= 15 is 0 Å². The van der Waals surface area contributed by atoms with Crippen molar-refractivity contribution in [1.82, 2.24) is 4.90 Å². The SMILES string of the molecule is CC(C)(C)OC(=O)N1CC2(F)CC3C(=O)OCC32C1. The topological polar surface area (TPSA) is 55.8 Å². The Morgan fingerprint density at radius 2 is 2.16 bits per heavy atom. The molecule has 3 aliphatic rings. The molecule has 106 valence electrons. The van der Waals surface area contributed by atoms with Crippen molar-refractivity contribution in [2.45, 2.75) is 38.5 Å². The summed E-state index contributed by atoms with van der Waals surface area (Å²) in [5.74, 6) is -0.732. The predicted octanol–water partition coefficient (Wildman–Crippen LogP) is 1.51. The van der Waals surface area contributed by atoms with E-state index in [0.717, 1.165) is 0 Å². The third-order valence-corrected chi connectivity index (χ3v) is 4.41. The first-order chi connectivity index (χ1) is 8.67. The van der Waals surface area contributed by atoms with Crippen molar-refractivity contribution >= 4 is 12.1 Å². The summed E-state index contributed by atoms with van der Waals surface area (Å²) >= 11 is 0. The van der Waals surface area contributed by atoms with Gasteiger partial charge in [0.15, 0.2) is 0 Å². The fourth-order valence-electron chi connectivity index (χ4n) is 3.42. The molecule has 2 heterocycles.